The number of nitrogens with one attached hydrogen (secondary N) is 1. The third-order valence-electron chi connectivity index (χ3n) is 6.57. The molecule has 29 heavy (non-hydrogen) atoms. The molecule has 1 aromatic carbocycles. The molecule has 0 bridgehead atoms. The fourth-order valence-corrected chi connectivity index (χ4v) is 4.76. The SMILES string of the molecule is COc1cccc2c3c(oc12)CN(CCC1CCC(NC(=O)N(C)C)CC1)CC3. The second-order valence-electron chi connectivity index (χ2n) is 8.72. The van der Waals surface area contributed by atoms with Gasteiger partial charge >= 0.3 is 6.03 Å². The van der Waals surface area contributed by atoms with Crippen LogP contribution in [0.1, 0.15) is 43.4 Å². The van der Waals surface area contributed by atoms with Crippen LogP contribution < -0.4 is 10.1 Å². The predicted molar refractivity (Wildman–Crippen MR) is 114 cm³/mol. The smallest absolute Gasteiger partial charge is 0.317 e. The highest BCUT2D eigenvalue weighted by Crippen LogP contribution is 2.36. The molecule has 2 aliphatic rings. The van der Waals surface area contributed by atoms with E-state index in [1.807, 2.05) is 12.1 Å². The number of hydrogen-bond donors (Lipinski definition) is 1. The minimum Gasteiger partial charge on any atom is -0.493 e. The quantitative estimate of drug-likeness (QED) is 0.825. The van der Waals surface area contributed by atoms with Crippen molar-refractivity contribution >= 4 is 17.0 Å². The summed E-state index contributed by atoms with van der Waals surface area (Å²) in [4.78, 5) is 16.0. The summed E-state index contributed by atoms with van der Waals surface area (Å²) in [5.74, 6) is 2.69. The number of ether oxygens (including phenoxy) is 1. The number of hydrogen-bond acceptors (Lipinski definition) is 4. The highest BCUT2D eigenvalue weighted by atomic mass is 16.5. The second-order valence-corrected chi connectivity index (χ2v) is 8.72. The third kappa shape index (κ3) is 4.37. The molecule has 0 radical (unpaired) electrons. The maximum absolute atomic E-state index is 11.8. The monoisotopic (exact) mass is 399 g/mol. The van der Waals surface area contributed by atoms with Gasteiger partial charge in [0.25, 0.3) is 0 Å². The highest BCUT2D eigenvalue weighted by Gasteiger charge is 2.26. The number of fused-ring (bicyclic) bond motifs is 3. The maximum Gasteiger partial charge on any atom is 0.317 e. The number of nitrogens with zero attached hydrogens (tertiary/aromatic N) is 2. The van der Waals surface area contributed by atoms with Gasteiger partial charge in [0, 0.05) is 37.6 Å². The molecule has 6 heteroatoms. The Bertz CT molecular complexity index is 852. The molecule has 4 rings (SSSR count). The van der Waals surface area contributed by atoms with Crippen LogP contribution in [0.3, 0.4) is 0 Å². The maximum atomic E-state index is 11.8. The summed E-state index contributed by atoms with van der Waals surface area (Å²) in [6.07, 6.45) is 6.88. The first-order chi connectivity index (χ1) is 14.0. The molecule has 2 aromatic rings. The van der Waals surface area contributed by atoms with Crippen molar-refractivity contribution in [3.63, 3.8) is 0 Å². The van der Waals surface area contributed by atoms with E-state index in [0.29, 0.717) is 6.04 Å². The number of carbonyl (C=O) groups excluding carboxylic acids is 1. The summed E-state index contributed by atoms with van der Waals surface area (Å²) >= 11 is 0. The van der Waals surface area contributed by atoms with Crippen LogP contribution >= 0.6 is 0 Å². The minimum atomic E-state index is 0.0278. The van der Waals surface area contributed by atoms with Crippen molar-refractivity contribution in [2.45, 2.75) is 51.1 Å². The van der Waals surface area contributed by atoms with Gasteiger partial charge in [-0.15, -0.1) is 0 Å². The molecule has 2 heterocycles. The van der Waals surface area contributed by atoms with Crippen LogP contribution in [0.25, 0.3) is 11.0 Å². The number of para-hydroxylation sites is 1. The molecular formula is C23H33N3O3. The molecule has 158 valence electrons. The standard InChI is InChI=1S/C23H33N3O3/c1-25(2)23(27)24-17-9-7-16(8-10-17)11-13-26-14-12-18-19-5-4-6-20(28-3)22(19)29-21(18)15-26/h4-6,16-17H,7-15H2,1-3H3,(H,24,27). The van der Waals surface area contributed by atoms with Gasteiger partial charge in [-0.1, -0.05) is 12.1 Å². The topological polar surface area (TPSA) is 58.0 Å². The van der Waals surface area contributed by atoms with Crippen LogP contribution in [0.4, 0.5) is 4.79 Å². The molecule has 1 aromatic heterocycles. The summed E-state index contributed by atoms with van der Waals surface area (Å²) in [7, 11) is 5.29. The Morgan fingerprint density at radius 3 is 2.79 bits per heavy atom. The largest absolute Gasteiger partial charge is 0.493 e. The van der Waals surface area contributed by atoms with E-state index in [0.717, 1.165) is 61.9 Å². The van der Waals surface area contributed by atoms with Crippen LogP contribution in [-0.2, 0) is 13.0 Å². The summed E-state index contributed by atoms with van der Waals surface area (Å²) < 4.78 is 11.7. The zero-order valence-electron chi connectivity index (χ0n) is 17.9. The fraction of sp³-hybridized carbons (Fsp3) is 0.609. The molecule has 0 saturated heterocycles. The van der Waals surface area contributed by atoms with E-state index in [9.17, 15) is 4.79 Å². The van der Waals surface area contributed by atoms with Gasteiger partial charge < -0.3 is 19.4 Å². The van der Waals surface area contributed by atoms with Crippen molar-refractivity contribution < 1.29 is 13.9 Å². The number of urea groups is 1. The predicted octanol–water partition coefficient (Wildman–Crippen LogP) is 4.02. The fourth-order valence-electron chi connectivity index (χ4n) is 4.76. The molecule has 2 amide bonds. The van der Waals surface area contributed by atoms with E-state index >= 15 is 0 Å². The highest BCUT2D eigenvalue weighted by molar-refractivity contribution is 5.87. The number of furan rings is 1. The second kappa shape index (κ2) is 8.66. The Morgan fingerprint density at radius 2 is 2.07 bits per heavy atom. The zero-order chi connectivity index (χ0) is 20.4. The Balaban J connectivity index is 1.28. The van der Waals surface area contributed by atoms with Gasteiger partial charge in [-0.3, -0.25) is 4.90 Å². The van der Waals surface area contributed by atoms with Gasteiger partial charge in [-0.05, 0) is 57.1 Å². The molecule has 6 nitrogen and oxygen atoms in total. The van der Waals surface area contributed by atoms with Crippen molar-refractivity contribution in [3.8, 4) is 5.75 Å². The van der Waals surface area contributed by atoms with Crippen LogP contribution in [0.15, 0.2) is 22.6 Å². The normalized spacial score (nSPS) is 22.3. The third-order valence-corrected chi connectivity index (χ3v) is 6.57. The van der Waals surface area contributed by atoms with Crippen LogP contribution in [-0.4, -0.2) is 56.2 Å². The van der Waals surface area contributed by atoms with E-state index in [1.54, 1.807) is 26.1 Å². The lowest BCUT2D eigenvalue weighted by Crippen LogP contribution is -2.43. The molecule has 0 spiro atoms. The first-order valence-electron chi connectivity index (χ1n) is 10.8. The van der Waals surface area contributed by atoms with E-state index in [2.05, 4.69) is 16.3 Å². The van der Waals surface area contributed by atoms with Gasteiger partial charge in [0.05, 0.1) is 13.7 Å². The van der Waals surface area contributed by atoms with Crippen molar-refractivity contribution in [2.75, 3.05) is 34.3 Å². The van der Waals surface area contributed by atoms with Gasteiger partial charge in [0.1, 0.15) is 5.76 Å². The number of carbonyl (C=O) groups is 1. The van der Waals surface area contributed by atoms with E-state index < -0.39 is 0 Å². The van der Waals surface area contributed by atoms with Crippen LogP contribution in [0, 0.1) is 5.92 Å². The number of rotatable bonds is 5. The Morgan fingerprint density at radius 1 is 1.28 bits per heavy atom. The molecule has 1 aliphatic heterocycles. The summed E-state index contributed by atoms with van der Waals surface area (Å²) in [6, 6.07) is 6.51. The molecule has 0 atom stereocenters. The lowest BCUT2D eigenvalue weighted by molar-refractivity contribution is 0.187. The molecule has 1 fully saturated rings. The Kier molecular flexibility index (Phi) is 5.99. The molecule has 0 unspecified atom stereocenters. The minimum absolute atomic E-state index is 0.0278. The Hall–Kier alpha value is -2.21. The van der Waals surface area contributed by atoms with E-state index in [-0.39, 0.29) is 6.03 Å². The summed E-state index contributed by atoms with van der Waals surface area (Å²) in [6.45, 7) is 3.10. The van der Waals surface area contributed by atoms with Gasteiger partial charge in [-0.25, -0.2) is 4.79 Å². The first kappa shape index (κ1) is 20.1. The summed E-state index contributed by atoms with van der Waals surface area (Å²) in [5.41, 5.74) is 2.24. The molecular weight excluding hydrogens is 366 g/mol. The van der Waals surface area contributed by atoms with Gasteiger partial charge in [0.2, 0.25) is 0 Å². The van der Waals surface area contributed by atoms with Crippen LogP contribution in [0.2, 0.25) is 0 Å². The lowest BCUT2D eigenvalue weighted by Gasteiger charge is -2.32. The average Bonchev–Trinajstić information content (AvgIpc) is 3.11. The van der Waals surface area contributed by atoms with E-state index in [1.165, 1.54) is 30.2 Å². The molecule has 1 saturated carbocycles. The van der Waals surface area contributed by atoms with Crippen LogP contribution in [0.5, 0.6) is 5.75 Å². The average molecular weight is 400 g/mol. The first-order valence-corrected chi connectivity index (χ1v) is 10.8. The van der Waals surface area contributed by atoms with Crippen molar-refractivity contribution in [1.82, 2.24) is 15.1 Å². The zero-order valence-corrected chi connectivity index (χ0v) is 17.9. The molecule has 1 N–H and O–H groups in total. The van der Waals surface area contributed by atoms with Crippen molar-refractivity contribution in [2.24, 2.45) is 5.92 Å². The van der Waals surface area contributed by atoms with Gasteiger partial charge in [0.15, 0.2) is 11.3 Å². The Labute approximate surface area is 173 Å². The number of amides is 2. The lowest BCUT2D eigenvalue weighted by atomic mass is 9.84. The summed E-state index contributed by atoms with van der Waals surface area (Å²) in [5, 5.41) is 4.34. The number of methoxy groups -OCH3 is 1. The molecule has 1 aliphatic carbocycles. The van der Waals surface area contributed by atoms with Crippen molar-refractivity contribution in [1.29, 1.82) is 0 Å². The van der Waals surface area contributed by atoms with Gasteiger partial charge in [-0.2, -0.15) is 0 Å². The van der Waals surface area contributed by atoms with Crippen molar-refractivity contribution in [3.05, 3.63) is 29.5 Å². The number of benzene rings is 1. The van der Waals surface area contributed by atoms with E-state index in [4.69, 9.17) is 9.15 Å².